The summed E-state index contributed by atoms with van der Waals surface area (Å²) in [6.45, 7) is 2.44. The second-order valence-corrected chi connectivity index (χ2v) is 4.95. The fourth-order valence-corrected chi connectivity index (χ4v) is 1.83. The van der Waals surface area contributed by atoms with E-state index in [1.54, 1.807) is 7.11 Å². The van der Waals surface area contributed by atoms with Gasteiger partial charge in [-0.25, -0.2) is 8.78 Å². The van der Waals surface area contributed by atoms with Gasteiger partial charge in [-0.3, -0.25) is 0 Å². The molecule has 0 aliphatic rings. The van der Waals surface area contributed by atoms with Gasteiger partial charge in [0.15, 0.2) is 0 Å². The van der Waals surface area contributed by atoms with Crippen LogP contribution in [0.3, 0.4) is 0 Å². The van der Waals surface area contributed by atoms with Crippen LogP contribution >= 0.6 is 15.9 Å². The van der Waals surface area contributed by atoms with Crippen LogP contribution in [-0.2, 0) is 25.6 Å². The van der Waals surface area contributed by atoms with Crippen molar-refractivity contribution in [2.75, 3.05) is 46.8 Å². The van der Waals surface area contributed by atoms with E-state index in [4.69, 9.17) is 18.9 Å². The number of hydrogen-bond donors (Lipinski definition) is 0. The topological polar surface area (TPSA) is 36.9 Å². The van der Waals surface area contributed by atoms with Crippen molar-refractivity contribution >= 4 is 15.9 Å². The predicted octanol–water partition coefficient (Wildman–Crippen LogP) is 2.92. The lowest BCUT2D eigenvalue weighted by Crippen LogP contribution is -2.11. The van der Waals surface area contributed by atoms with E-state index in [0.717, 1.165) is 0 Å². The van der Waals surface area contributed by atoms with Gasteiger partial charge < -0.3 is 18.9 Å². The van der Waals surface area contributed by atoms with Crippen LogP contribution in [0.15, 0.2) is 16.6 Å². The summed E-state index contributed by atoms with van der Waals surface area (Å²) in [6, 6.07) is 2.51. The lowest BCUT2D eigenvalue weighted by atomic mass is 10.2. The molecule has 0 fully saturated rings. The maximum Gasteiger partial charge on any atom is 0.145 e. The maximum absolute atomic E-state index is 13.6. The van der Waals surface area contributed by atoms with Crippen LogP contribution in [0.1, 0.15) is 5.56 Å². The van der Waals surface area contributed by atoms with Crippen LogP contribution < -0.4 is 0 Å². The standard InChI is InChI=1S/C14H19BrF2O4/c1-18-4-5-19-6-7-20-8-9-21-10-11-13(16)3-2-12(15)14(11)17/h2-3H,4-10H2,1H3. The van der Waals surface area contributed by atoms with Crippen molar-refractivity contribution in [3.8, 4) is 0 Å². The highest BCUT2D eigenvalue weighted by molar-refractivity contribution is 9.10. The SMILES string of the molecule is COCCOCCOCCOCc1c(F)ccc(Br)c1F. The Hall–Kier alpha value is -0.600. The van der Waals surface area contributed by atoms with Gasteiger partial charge in [-0.05, 0) is 28.1 Å². The summed E-state index contributed by atoms with van der Waals surface area (Å²) in [5.74, 6) is -1.26. The Labute approximate surface area is 131 Å². The van der Waals surface area contributed by atoms with E-state index in [1.165, 1.54) is 12.1 Å². The molecule has 0 unspecified atom stereocenters. The number of benzene rings is 1. The third-order valence-electron chi connectivity index (χ3n) is 2.56. The summed E-state index contributed by atoms with van der Waals surface area (Å²) in [6.07, 6.45) is 0. The van der Waals surface area contributed by atoms with Crippen molar-refractivity contribution in [1.82, 2.24) is 0 Å². The van der Waals surface area contributed by atoms with Crippen molar-refractivity contribution in [2.24, 2.45) is 0 Å². The summed E-state index contributed by atoms with van der Waals surface area (Å²) in [4.78, 5) is 0. The maximum atomic E-state index is 13.6. The van der Waals surface area contributed by atoms with Crippen LogP contribution in [0.25, 0.3) is 0 Å². The van der Waals surface area contributed by atoms with Crippen LogP contribution in [0.4, 0.5) is 8.78 Å². The zero-order chi connectivity index (χ0) is 15.5. The molecule has 1 aromatic rings. The molecule has 4 nitrogen and oxygen atoms in total. The molecule has 1 aromatic carbocycles. The van der Waals surface area contributed by atoms with Crippen molar-refractivity contribution in [3.05, 3.63) is 33.8 Å². The van der Waals surface area contributed by atoms with Gasteiger partial charge in [-0.1, -0.05) is 0 Å². The first kappa shape index (κ1) is 18.4. The minimum Gasteiger partial charge on any atom is -0.382 e. The highest BCUT2D eigenvalue weighted by atomic mass is 79.9. The molecule has 0 saturated carbocycles. The molecule has 0 radical (unpaired) electrons. The smallest absolute Gasteiger partial charge is 0.145 e. The molecule has 0 heterocycles. The number of halogens is 3. The van der Waals surface area contributed by atoms with E-state index in [-0.39, 0.29) is 23.2 Å². The lowest BCUT2D eigenvalue weighted by Gasteiger charge is -2.08. The van der Waals surface area contributed by atoms with Gasteiger partial charge in [-0.2, -0.15) is 0 Å². The normalized spacial score (nSPS) is 11.0. The first-order valence-electron chi connectivity index (χ1n) is 6.51. The Kier molecular flexibility index (Phi) is 9.69. The van der Waals surface area contributed by atoms with E-state index >= 15 is 0 Å². The van der Waals surface area contributed by atoms with Crippen LogP contribution in [0.2, 0.25) is 0 Å². The monoisotopic (exact) mass is 368 g/mol. The van der Waals surface area contributed by atoms with Gasteiger partial charge in [-0.15, -0.1) is 0 Å². The zero-order valence-corrected chi connectivity index (χ0v) is 13.5. The van der Waals surface area contributed by atoms with Gasteiger partial charge in [0.25, 0.3) is 0 Å². The summed E-state index contributed by atoms with van der Waals surface area (Å²) >= 11 is 3.00. The molecule has 0 aliphatic carbocycles. The molecule has 0 aliphatic heterocycles. The largest absolute Gasteiger partial charge is 0.382 e. The van der Waals surface area contributed by atoms with Crippen molar-refractivity contribution in [3.63, 3.8) is 0 Å². The summed E-state index contributed by atoms with van der Waals surface area (Å²) in [5, 5.41) is 0. The van der Waals surface area contributed by atoms with Gasteiger partial charge >= 0.3 is 0 Å². The Morgan fingerprint density at radius 1 is 0.905 bits per heavy atom. The molecular formula is C14H19BrF2O4. The number of ether oxygens (including phenoxy) is 4. The molecule has 21 heavy (non-hydrogen) atoms. The molecule has 0 saturated heterocycles. The van der Waals surface area contributed by atoms with Crippen LogP contribution in [0, 0.1) is 11.6 Å². The van der Waals surface area contributed by atoms with E-state index in [1.807, 2.05) is 0 Å². The van der Waals surface area contributed by atoms with E-state index in [9.17, 15) is 8.78 Å². The lowest BCUT2D eigenvalue weighted by molar-refractivity contribution is 0.000190. The molecule has 1 rings (SSSR count). The molecular weight excluding hydrogens is 350 g/mol. The van der Waals surface area contributed by atoms with Gasteiger partial charge in [0.2, 0.25) is 0 Å². The predicted molar refractivity (Wildman–Crippen MR) is 77.2 cm³/mol. The van der Waals surface area contributed by atoms with Crippen molar-refractivity contribution in [2.45, 2.75) is 6.61 Å². The Morgan fingerprint density at radius 3 is 2.10 bits per heavy atom. The summed E-state index contributed by atoms with van der Waals surface area (Å²) < 4.78 is 47.7. The molecule has 0 N–H and O–H groups in total. The number of methoxy groups -OCH3 is 1. The fourth-order valence-electron chi connectivity index (χ4n) is 1.46. The third-order valence-corrected chi connectivity index (χ3v) is 3.17. The van der Waals surface area contributed by atoms with Gasteiger partial charge in [0, 0.05) is 7.11 Å². The molecule has 7 heteroatoms. The highest BCUT2D eigenvalue weighted by Crippen LogP contribution is 2.22. The minimum absolute atomic E-state index is 0.0905. The van der Waals surface area contributed by atoms with E-state index in [2.05, 4.69) is 15.9 Å². The first-order chi connectivity index (χ1) is 10.2. The Morgan fingerprint density at radius 2 is 1.48 bits per heavy atom. The average Bonchev–Trinajstić information content (AvgIpc) is 2.48. The van der Waals surface area contributed by atoms with Crippen molar-refractivity contribution < 1.29 is 27.7 Å². The Bertz CT molecular complexity index is 418. The third kappa shape index (κ3) is 7.28. The molecule has 120 valence electrons. The molecule has 0 bridgehead atoms. The molecule has 0 amide bonds. The zero-order valence-electron chi connectivity index (χ0n) is 11.9. The van der Waals surface area contributed by atoms with E-state index < -0.39 is 11.6 Å². The Balaban J connectivity index is 2.08. The second kappa shape index (κ2) is 11.0. The second-order valence-electron chi connectivity index (χ2n) is 4.09. The van der Waals surface area contributed by atoms with E-state index in [0.29, 0.717) is 33.0 Å². The van der Waals surface area contributed by atoms with Gasteiger partial charge in [0.1, 0.15) is 11.6 Å². The van der Waals surface area contributed by atoms with Crippen molar-refractivity contribution in [1.29, 1.82) is 0 Å². The number of hydrogen-bond acceptors (Lipinski definition) is 4. The van der Waals surface area contributed by atoms with Gasteiger partial charge in [0.05, 0.1) is 56.3 Å². The summed E-state index contributed by atoms with van der Waals surface area (Å²) in [5.41, 5.74) is -0.0905. The quantitative estimate of drug-likeness (QED) is 0.444. The first-order valence-corrected chi connectivity index (χ1v) is 7.30. The van der Waals surface area contributed by atoms with Crippen LogP contribution in [-0.4, -0.2) is 46.8 Å². The number of rotatable bonds is 11. The molecule has 0 spiro atoms. The highest BCUT2D eigenvalue weighted by Gasteiger charge is 2.12. The summed E-state index contributed by atoms with van der Waals surface area (Å²) in [7, 11) is 1.61. The molecule has 0 aromatic heterocycles. The fraction of sp³-hybridized carbons (Fsp3) is 0.571. The molecule has 0 atom stereocenters. The van der Waals surface area contributed by atoms with Crippen LogP contribution in [0.5, 0.6) is 0 Å². The average molecular weight is 369 g/mol. The minimum atomic E-state index is -0.637.